The maximum absolute atomic E-state index is 12.7. The summed E-state index contributed by atoms with van der Waals surface area (Å²) in [6.45, 7) is 0.0397. The molecule has 4 fully saturated rings. The van der Waals surface area contributed by atoms with Crippen LogP contribution in [0.5, 0.6) is 0 Å². The van der Waals surface area contributed by atoms with Crippen LogP contribution in [0.2, 0.25) is 0 Å². The number of hydrogen-bond acceptors (Lipinski definition) is 3. The van der Waals surface area contributed by atoms with Gasteiger partial charge >= 0.3 is 12.1 Å². The van der Waals surface area contributed by atoms with E-state index in [-0.39, 0.29) is 11.4 Å². The molecule has 4 saturated carbocycles. The van der Waals surface area contributed by atoms with Crippen molar-refractivity contribution in [1.82, 2.24) is 5.32 Å². The molecule has 0 aromatic rings. The molecule has 0 spiro atoms. The van der Waals surface area contributed by atoms with E-state index in [4.69, 9.17) is 4.74 Å². The minimum Gasteiger partial charge on any atom is -0.465 e. The van der Waals surface area contributed by atoms with Crippen LogP contribution < -0.4 is 5.32 Å². The minimum absolute atomic E-state index is 0.0670. The van der Waals surface area contributed by atoms with Crippen LogP contribution in [0.1, 0.15) is 77.0 Å². The molecule has 0 aromatic heterocycles. The van der Waals surface area contributed by atoms with Gasteiger partial charge in [0, 0.05) is 0 Å². The molecule has 0 saturated heterocycles. The van der Waals surface area contributed by atoms with Crippen LogP contribution in [-0.4, -0.2) is 31.8 Å². The number of carbonyl (C=O) groups is 1. The van der Waals surface area contributed by atoms with Gasteiger partial charge in [-0.25, -0.2) is 0 Å². The summed E-state index contributed by atoms with van der Waals surface area (Å²) in [6, 6.07) is 0. The third-order valence-electron chi connectivity index (χ3n) is 6.78. The summed E-state index contributed by atoms with van der Waals surface area (Å²) in [5.74, 6) is 2.34. The van der Waals surface area contributed by atoms with E-state index < -0.39 is 12.7 Å². The number of nitrogens with one attached hydrogen (secondary N) is 1. The molecule has 0 radical (unpaired) electrons. The van der Waals surface area contributed by atoms with Gasteiger partial charge in [0.15, 0.2) is 0 Å². The van der Waals surface area contributed by atoms with E-state index in [1.807, 2.05) is 0 Å². The van der Waals surface area contributed by atoms with Crippen LogP contribution in [0.15, 0.2) is 0 Å². The number of hydrogen-bond donors (Lipinski definition) is 1. The number of ether oxygens (including phenoxy) is 1. The van der Waals surface area contributed by atoms with Gasteiger partial charge in [-0.05, 0) is 75.7 Å². The molecule has 156 valence electrons. The van der Waals surface area contributed by atoms with Crippen LogP contribution >= 0.6 is 0 Å². The molecule has 4 aliphatic carbocycles. The van der Waals surface area contributed by atoms with E-state index in [1.54, 1.807) is 0 Å². The lowest BCUT2D eigenvalue weighted by atomic mass is 9.49. The number of rotatable bonds is 11. The highest BCUT2D eigenvalue weighted by Crippen LogP contribution is 2.60. The van der Waals surface area contributed by atoms with Crippen LogP contribution in [-0.2, 0) is 9.53 Å². The molecule has 0 heterocycles. The second-order valence-corrected chi connectivity index (χ2v) is 9.25. The molecule has 0 amide bonds. The second-order valence-electron chi connectivity index (χ2n) is 9.25. The van der Waals surface area contributed by atoms with Gasteiger partial charge in [-0.1, -0.05) is 25.7 Å². The average molecular weight is 390 g/mol. The molecule has 0 aromatic carbocycles. The summed E-state index contributed by atoms with van der Waals surface area (Å²) in [5, 5.41) is 2.42. The van der Waals surface area contributed by atoms with Crippen LogP contribution in [0.4, 0.5) is 13.2 Å². The molecule has 0 unspecified atom stereocenters. The highest BCUT2D eigenvalue weighted by Gasteiger charge is 2.55. The Kier molecular flexibility index (Phi) is 7.09. The zero-order valence-corrected chi connectivity index (χ0v) is 16.3. The van der Waals surface area contributed by atoms with Crippen LogP contribution in [0.3, 0.4) is 0 Å². The fourth-order valence-corrected chi connectivity index (χ4v) is 5.97. The Morgan fingerprint density at radius 1 is 0.889 bits per heavy atom. The summed E-state index contributed by atoms with van der Waals surface area (Å²) < 4.78 is 41.6. The molecule has 4 bridgehead atoms. The van der Waals surface area contributed by atoms with Crippen LogP contribution in [0.25, 0.3) is 0 Å². The fraction of sp³-hybridized carbons (Fsp3) is 0.952. The molecule has 4 aliphatic rings. The molecule has 0 aliphatic heterocycles. The number of carbonyl (C=O) groups excluding carboxylic acids is 1. The van der Waals surface area contributed by atoms with Crippen molar-refractivity contribution in [2.75, 3.05) is 19.7 Å². The second kappa shape index (κ2) is 9.15. The summed E-state index contributed by atoms with van der Waals surface area (Å²) in [5.41, 5.74) is -0.155. The number of halogens is 3. The molecule has 3 nitrogen and oxygen atoms in total. The highest BCUT2D eigenvalue weighted by molar-refractivity contribution is 5.77. The lowest BCUT2D eigenvalue weighted by molar-refractivity contribution is -0.171. The molecule has 4 rings (SSSR count). The smallest absolute Gasteiger partial charge is 0.401 e. The van der Waals surface area contributed by atoms with Gasteiger partial charge < -0.3 is 10.1 Å². The normalized spacial score (nSPS) is 32.0. The summed E-state index contributed by atoms with van der Waals surface area (Å²) >= 11 is 0. The quantitative estimate of drug-likeness (QED) is 0.388. The van der Waals surface area contributed by atoms with Gasteiger partial charge in [-0.2, -0.15) is 13.2 Å². The van der Waals surface area contributed by atoms with E-state index in [9.17, 15) is 18.0 Å². The van der Waals surface area contributed by atoms with Crippen molar-refractivity contribution in [1.29, 1.82) is 0 Å². The topological polar surface area (TPSA) is 38.3 Å². The van der Waals surface area contributed by atoms with Crippen molar-refractivity contribution in [3.05, 3.63) is 0 Å². The Morgan fingerprint density at radius 3 is 1.96 bits per heavy atom. The van der Waals surface area contributed by atoms with Crippen molar-refractivity contribution in [3.8, 4) is 0 Å². The zero-order chi connectivity index (χ0) is 19.3. The van der Waals surface area contributed by atoms with Crippen molar-refractivity contribution in [3.63, 3.8) is 0 Å². The first-order valence-corrected chi connectivity index (χ1v) is 10.8. The van der Waals surface area contributed by atoms with Crippen molar-refractivity contribution < 1.29 is 22.7 Å². The van der Waals surface area contributed by atoms with E-state index in [2.05, 4.69) is 5.32 Å². The maximum atomic E-state index is 12.7. The Balaban J connectivity index is 1.19. The van der Waals surface area contributed by atoms with Gasteiger partial charge in [0.2, 0.25) is 0 Å². The lowest BCUT2D eigenvalue weighted by Gasteiger charge is -2.55. The first-order chi connectivity index (χ1) is 12.9. The van der Waals surface area contributed by atoms with Gasteiger partial charge in [-0.3, -0.25) is 4.79 Å². The fourth-order valence-electron chi connectivity index (χ4n) is 5.97. The predicted octanol–water partition coefficient (Wildman–Crippen LogP) is 5.24. The lowest BCUT2D eigenvalue weighted by Crippen LogP contribution is -2.50. The Labute approximate surface area is 160 Å². The third kappa shape index (κ3) is 6.10. The minimum atomic E-state index is -4.12. The standard InChI is InChI=1S/C21H34F3NO2/c22-21(23,24)15-25-7-5-3-1-2-4-6-8-27-19(26)20-12-16-9-17(13-20)11-18(10-16)14-20/h16-18,25H,1-15H2. The van der Waals surface area contributed by atoms with Gasteiger partial charge in [-0.15, -0.1) is 0 Å². The Hall–Kier alpha value is -0.780. The molecular formula is C21H34F3NO2. The summed E-state index contributed by atoms with van der Waals surface area (Å²) in [6.07, 6.45) is 8.75. The third-order valence-corrected chi connectivity index (χ3v) is 6.78. The highest BCUT2D eigenvalue weighted by atomic mass is 19.4. The van der Waals surface area contributed by atoms with E-state index in [0.29, 0.717) is 13.2 Å². The van der Waals surface area contributed by atoms with Crippen LogP contribution in [0, 0.1) is 23.2 Å². The van der Waals surface area contributed by atoms with Gasteiger partial charge in [0.25, 0.3) is 0 Å². The SMILES string of the molecule is O=C(OCCCCCCCCNCC(F)(F)F)C12CC3CC(CC(C3)C1)C2. The molecule has 0 atom stereocenters. The first-order valence-electron chi connectivity index (χ1n) is 10.8. The maximum Gasteiger partial charge on any atom is 0.401 e. The Bertz CT molecular complexity index is 457. The Morgan fingerprint density at radius 2 is 1.41 bits per heavy atom. The first kappa shape index (κ1) is 20.9. The average Bonchev–Trinajstić information content (AvgIpc) is 2.57. The van der Waals surface area contributed by atoms with E-state index >= 15 is 0 Å². The molecule has 6 heteroatoms. The van der Waals surface area contributed by atoms with Crippen molar-refractivity contribution in [2.24, 2.45) is 23.2 Å². The van der Waals surface area contributed by atoms with E-state index in [0.717, 1.165) is 75.5 Å². The van der Waals surface area contributed by atoms with Crippen molar-refractivity contribution in [2.45, 2.75) is 83.2 Å². The van der Waals surface area contributed by atoms with Gasteiger partial charge in [0.1, 0.15) is 0 Å². The summed E-state index contributed by atoms with van der Waals surface area (Å²) in [4.78, 5) is 12.7. The van der Waals surface area contributed by atoms with E-state index in [1.165, 1.54) is 19.3 Å². The van der Waals surface area contributed by atoms with Crippen molar-refractivity contribution >= 4 is 5.97 Å². The number of alkyl halides is 3. The molecule has 27 heavy (non-hydrogen) atoms. The monoisotopic (exact) mass is 389 g/mol. The predicted molar refractivity (Wildman–Crippen MR) is 98.2 cm³/mol. The molecular weight excluding hydrogens is 355 g/mol. The largest absolute Gasteiger partial charge is 0.465 e. The molecule has 1 N–H and O–H groups in total. The zero-order valence-electron chi connectivity index (χ0n) is 16.3. The number of unbranched alkanes of at least 4 members (excludes halogenated alkanes) is 5. The summed E-state index contributed by atoms with van der Waals surface area (Å²) in [7, 11) is 0. The van der Waals surface area contributed by atoms with Gasteiger partial charge in [0.05, 0.1) is 18.6 Å². The number of esters is 1.